The zero-order valence-corrected chi connectivity index (χ0v) is 12.2. The molecular formula is C11H18N6O2S. The summed E-state index contributed by atoms with van der Waals surface area (Å²) in [7, 11) is -1.78. The molecule has 0 fully saturated rings. The summed E-state index contributed by atoms with van der Waals surface area (Å²) in [5.41, 5.74) is 0. The molecule has 0 radical (unpaired) electrons. The molecule has 1 unspecified atom stereocenters. The Morgan fingerprint density at radius 3 is 2.95 bits per heavy atom. The Kier molecular flexibility index (Phi) is 4.53. The standard InChI is InChI=1S/C11H18N6O2S/c1-9(11-13-3-4-14-11)16-20(18,19)10-7-15-17(8-10)6-5-12-2/h3-4,7-9,12,16H,5-6H2,1-2H3,(H,13,14). The number of rotatable bonds is 7. The van der Waals surface area contributed by atoms with Crippen LogP contribution in [0.3, 0.4) is 0 Å². The van der Waals surface area contributed by atoms with E-state index in [1.807, 2.05) is 7.05 Å². The molecule has 0 aromatic carbocycles. The maximum Gasteiger partial charge on any atom is 0.244 e. The molecule has 0 saturated heterocycles. The number of nitrogens with one attached hydrogen (secondary N) is 3. The van der Waals surface area contributed by atoms with E-state index in [9.17, 15) is 8.42 Å². The number of sulfonamides is 1. The quantitative estimate of drug-likeness (QED) is 0.660. The lowest BCUT2D eigenvalue weighted by Gasteiger charge is -2.10. The molecule has 8 nitrogen and oxygen atoms in total. The van der Waals surface area contributed by atoms with E-state index < -0.39 is 16.1 Å². The van der Waals surface area contributed by atoms with E-state index >= 15 is 0 Å². The Bertz CT molecular complexity index is 634. The van der Waals surface area contributed by atoms with Gasteiger partial charge in [0.1, 0.15) is 10.7 Å². The number of nitrogens with zero attached hydrogens (tertiary/aromatic N) is 3. The molecule has 0 aliphatic heterocycles. The molecule has 20 heavy (non-hydrogen) atoms. The highest BCUT2D eigenvalue weighted by Crippen LogP contribution is 2.13. The first-order valence-corrected chi connectivity index (χ1v) is 7.70. The Balaban J connectivity index is 2.08. The lowest BCUT2D eigenvalue weighted by molar-refractivity contribution is 0.559. The van der Waals surface area contributed by atoms with Crippen LogP contribution in [0.25, 0.3) is 0 Å². The summed E-state index contributed by atoms with van der Waals surface area (Å²) in [6, 6.07) is -0.435. The van der Waals surface area contributed by atoms with Crippen LogP contribution in [-0.2, 0) is 16.6 Å². The molecule has 2 rings (SSSR count). The predicted octanol–water partition coefficient (Wildman–Crippen LogP) is -0.135. The summed E-state index contributed by atoms with van der Waals surface area (Å²) < 4.78 is 28.5. The lowest BCUT2D eigenvalue weighted by atomic mass is 10.3. The van der Waals surface area contributed by atoms with E-state index in [2.05, 4.69) is 25.1 Å². The summed E-state index contributed by atoms with van der Waals surface area (Å²) in [4.78, 5) is 7.05. The fourth-order valence-electron chi connectivity index (χ4n) is 1.70. The smallest absolute Gasteiger partial charge is 0.244 e. The third-order valence-electron chi connectivity index (χ3n) is 2.77. The monoisotopic (exact) mass is 298 g/mol. The minimum atomic E-state index is -3.60. The van der Waals surface area contributed by atoms with Gasteiger partial charge in [-0.2, -0.15) is 5.10 Å². The van der Waals surface area contributed by atoms with E-state index in [0.29, 0.717) is 12.4 Å². The van der Waals surface area contributed by atoms with Gasteiger partial charge in [-0.05, 0) is 14.0 Å². The average molecular weight is 298 g/mol. The van der Waals surface area contributed by atoms with E-state index in [4.69, 9.17) is 0 Å². The summed E-state index contributed by atoms with van der Waals surface area (Å²) in [6.07, 6.45) is 6.08. The van der Waals surface area contributed by atoms with Gasteiger partial charge in [-0.1, -0.05) is 0 Å². The molecule has 2 heterocycles. The average Bonchev–Trinajstić information content (AvgIpc) is 3.07. The summed E-state index contributed by atoms with van der Waals surface area (Å²) in [5, 5.41) is 7.00. The molecule has 0 saturated carbocycles. The van der Waals surface area contributed by atoms with Crippen LogP contribution in [0.2, 0.25) is 0 Å². The van der Waals surface area contributed by atoms with Crippen molar-refractivity contribution in [1.82, 2.24) is 29.8 Å². The molecule has 2 aromatic heterocycles. The van der Waals surface area contributed by atoms with Gasteiger partial charge in [0.2, 0.25) is 10.0 Å². The molecule has 0 aliphatic rings. The highest BCUT2D eigenvalue weighted by Gasteiger charge is 2.21. The van der Waals surface area contributed by atoms with Gasteiger partial charge in [-0.3, -0.25) is 4.68 Å². The second-order valence-electron chi connectivity index (χ2n) is 4.36. The molecule has 0 bridgehead atoms. The van der Waals surface area contributed by atoms with Crippen LogP contribution >= 0.6 is 0 Å². The van der Waals surface area contributed by atoms with Gasteiger partial charge in [0, 0.05) is 25.1 Å². The third-order valence-corrected chi connectivity index (χ3v) is 4.27. The van der Waals surface area contributed by atoms with E-state index in [0.717, 1.165) is 6.54 Å². The zero-order valence-electron chi connectivity index (χ0n) is 11.4. The number of imidazole rings is 1. The lowest BCUT2D eigenvalue weighted by Crippen LogP contribution is -2.27. The minimum Gasteiger partial charge on any atom is -0.347 e. The van der Waals surface area contributed by atoms with Gasteiger partial charge in [-0.15, -0.1) is 0 Å². The van der Waals surface area contributed by atoms with Gasteiger partial charge in [0.25, 0.3) is 0 Å². The molecule has 110 valence electrons. The number of aromatic amines is 1. The number of hydrogen-bond acceptors (Lipinski definition) is 5. The van der Waals surface area contributed by atoms with Crippen molar-refractivity contribution >= 4 is 10.0 Å². The Hall–Kier alpha value is -1.71. The van der Waals surface area contributed by atoms with Gasteiger partial charge >= 0.3 is 0 Å². The first-order valence-electron chi connectivity index (χ1n) is 6.21. The highest BCUT2D eigenvalue weighted by atomic mass is 32.2. The fraction of sp³-hybridized carbons (Fsp3) is 0.455. The maximum absolute atomic E-state index is 12.2. The molecule has 0 spiro atoms. The number of likely N-dealkylation sites (N-methyl/N-ethyl adjacent to an activating group) is 1. The first-order chi connectivity index (χ1) is 9.53. The van der Waals surface area contributed by atoms with E-state index in [1.54, 1.807) is 24.0 Å². The van der Waals surface area contributed by atoms with Gasteiger partial charge < -0.3 is 10.3 Å². The fourth-order valence-corrected chi connectivity index (χ4v) is 2.86. The van der Waals surface area contributed by atoms with Crippen molar-refractivity contribution in [3.63, 3.8) is 0 Å². The van der Waals surface area contributed by atoms with Crippen molar-refractivity contribution in [2.75, 3.05) is 13.6 Å². The van der Waals surface area contributed by atoms with E-state index in [-0.39, 0.29) is 4.90 Å². The first kappa shape index (κ1) is 14.7. The van der Waals surface area contributed by atoms with Gasteiger partial charge in [0.15, 0.2) is 0 Å². The van der Waals surface area contributed by atoms with Crippen molar-refractivity contribution in [3.8, 4) is 0 Å². The van der Waals surface area contributed by atoms with Crippen molar-refractivity contribution < 1.29 is 8.42 Å². The highest BCUT2D eigenvalue weighted by molar-refractivity contribution is 7.89. The third kappa shape index (κ3) is 3.44. The summed E-state index contributed by atoms with van der Waals surface area (Å²) in [5.74, 6) is 0.566. The minimum absolute atomic E-state index is 0.145. The second kappa shape index (κ2) is 6.16. The second-order valence-corrected chi connectivity index (χ2v) is 6.07. The van der Waals surface area contributed by atoms with Crippen molar-refractivity contribution in [3.05, 3.63) is 30.6 Å². The van der Waals surface area contributed by atoms with Gasteiger partial charge in [0.05, 0.1) is 18.8 Å². The predicted molar refractivity (Wildman–Crippen MR) is 73.5 cm³/mol. The van der Waals surface area contributed by atoms with Crippen LogP contribution in [0, 0.1) is 0 Å². The van der Waals surface area contributed by atoms with E-state index in [1.165, 1.54) is 12.4 Å². The van der Waals surface area contributed by atoms with Crippen LogP contribution in [0.4, 0.5) is 0 Å². The Labute approximate surface area is 117 Å². The number of aromatic nitrogens is 4. The Morgan fingerprint density at radius 2 is 2.30 bits per heavy atom. The molecule has 0 amide bonds. The van der Waals surface area contributed by atoms with Crippen LogP contribution in [0.5, 0.6) is 0 Å². The van der Waals surface area contributed by atoms with Crippen LogP contribution in [-0.4, -0.2) is 41.8 Å². The summed E-state index contributed by atoms with van der Waals surface area (Å²) in [6.45, 7) is 3.05. The van der Waals surface area contributed by atoms with Gasteiger partial charge in [-0.25, -0.2) is 18.1 Å². The maximum atomic E-state index is 12.2. The van der Waals surface area contributed by atoms with Crippen LogP contribution in [0.15, 0.2) is 29.7 Å². The largest absolute Gasteiger partial charge is 0.347 e. The van der Waals surface area contributed by atoms with Crippen molar-refractivity contribution in [2.24, 2.45) is 0 Å². The van der Waals surface area contributed by atoms with Crippen LogP contribution in [0.1, 0.15) is 18.8 Å². The van der Waals surface area contributed by atoms with Crippen LogP contribution < -0.4 is 10.0 Å². The number of hydrogen-bond donors (Lipinski definition) is 3. The van der Waals surface area contributed by atoms with Crippen molar-refractivity contribution in [2.45, 2.75) is 24.4 Å². The summed E-state index contributed by atoms with van der Waals surface area (Å²) >= 11 is 0. The molecule has 2 aromatic rings. The molecule has 0 aliphatic carbocycles. The zero-order chi connectivity index (χ0) is 14.6. The topological polar surface area (TPSA) is 105 Å². The SMILES string of the molecule is CNCCn1cc(S(=O)(=O)NC(C)c2ncc[nH]2)cn1. The van der Waals surface area contributed by atoms with Crippen molar-refractivity contribution in [1.29, 1.82) is 0 Å². The molecule has 9 heteroatoms. The molecule has 1 atom stereocenters. The Morgan fingerprint density at radius 1 is 1.50 bits per heavy atom. The molecular weight excluding hydrogens is 280 g/mol. The normalized spacial score (nSPS) is 13.5. The number of H-pyrrole nitrogens is 1. The molecule has 3 N–H and O–H groups in total.